The molecule has 0 saturated heterocycles. The zero-order valence-electron chi connectivity index (χ0n) is 13.5. The van der Waals surface area contributed by atoms with Gasteiger partial charge in [0.25, 0.3) is 5.56 Å². The molecule has 0 spiro atoms. The van der Waals surface area contributed by atoms with Crippen molar-refractivity contribution >= 4 is 23.8 Å². The van der Waals surface area contributed by atoms with E-state index in [4.69, 9.17) is 11.6 Å². The first-order valence-electron chi connectivity index (χ1n) is 7.53. The number of nitriles is 1. The van der Waals surface area contributed by atoms with Crippen LogP contribution in [0.4, 0.5) is 14.7 Å². The summed E-state index contributed by atoms with van der Waals surface area (Å²) in [7, 11) is 0. The average molecular weight is 386 g/mol. The van der Waals surface area contributed by atoms with Crippen molar-refractivity contribution in [2.24, 2.45) is 5.10 Å². The molecular weight excluding hydrogens is 376 g/mol. The van der Waals surface area contributed by atoms with Gasteiger partial charge in [0.2, 0.25) is 5.95 Å². The Labute approximate surface area is 156 Å². The number of halogens is 3. The summed E-state index contributed by atoms with van der Waals surface area (Å²) in [5.41, 5.74) is 2.68. The van der Waals surface area contributed by atoms with E-state index >= 15 is 0 Å². The molecular formula is C18H10ClF2N5O. The standard InChI is InChI=1S/C18H10ClF2N5O/c19-13-6-10(7-14(20)15(13)21)9-23-26-18-24-16(11-4-2-1-3-5-11)12(8-22)17(27)25-18/h1-7,9H,(H2,24,25,26,27). The lowest BCUT2D eigenvalue weighted by Crippen LogP contribution is -2.16. The van der Waals surface area contributed by atoms with Crippen molar-refractivity contribution in [2.75, 3.05) is 5.43 Å². The molecule has 0 aliphatic rings. The highest BCUT2D eigenvalue weighted by atomic mass is 35.5. The monoisotopic (exact) mass is 385 g/mol. The van der Waals surface area contributed by atoms with E-state index in [1.165, 1.54) is 12.3 Å². The van der Waals surface area contributed by atoms with E-state index in [2.05, 4.69) is 20.5 Å². The molecule has 1 heterocycles. The molecule has 0 unspecified atom stereocenters. The van der Waals surface area contributed by atoms with E-state index in [1.54, 1.807) is 30.3 Å². The molecule has 0 aliphatic heterocycles. The molecule has 0 aliphatic carbocycles. The average Bonchev–Trinajstić information content (AvgIpc) is 2.66. The van der Waals surface area contributed by atoms with Crippen molar-refractivity contribution in [1.82, 2.24) is 9.97 Å². The number of nitrogens with zero attached hydrogens (tertiary/aromatic N) is 3. The summed E-state index contributed by atoms with van der Waals surface area (Å²) < 4.78 is 26.5. The van der Waals surface area contributed by atoms with Gasteiger partial charge in [-0.2, -0.15) is 10.4 Å². The predicted octanol–water partition coefficient (Wildman–Crippen LogP) is 3.69. The van der Waals surface area contributed by atoms with E-state index in [1.807, 2.05) is 6.07 Å². The fourth-order valence-corrected chi connectivity index (χ4v) is 2.47. The highest BCUT2D eigenvalue weighted by Crippen LogP contribution is 2.20. The first kappa shape index (κ1) is 18.2. The summed E-state index contributed by atoms with van der Waals surface area (Å²) in [6, 6.07) is 12.6. The van der Waals surface area contributed by atoms with Gasteiger partial charge >= 0.3 is 0 Å². The van der Waals surface area contributed by atoms with Gasteiger partial charge in [0.15, 0.2) is 11.6 Å². The van der Waals surface area contributed by atoms with Gasteiger partial charge in [0.05, 0.1) is 16.9 Å². The molecule has 1 aromatic heterocycles. The molecule has 3 rings (SSSR count). The second kappa shape index (κ2) is 7.76. The normalized spacial score (nSPS) is 10.7. The lowest BCUT2D eigenvalue weighted by atomic mass is 10.1. The van der Waals surface area contributed by atoms with Crippen molar-refractivity contribution in [1.29, 1.82) is 5.26 Å². The maximum absolute atomic E-state index is 13.3. The highest BCUT2D eigenvalue weighted by molar-refractivity contribution is 6.31. The van der Waals surface area contributed by atoms with Crippen molar-refractivity contribution in [3.8, 4) is 17.3 Å². The number of hydrazone groups is 1. The number of anilines is 1. The maximum atomic E-state index is 13.3. The third-order valence-corrected chi connectivity index (χ3v) is 3.74. The second-order valence-electron chi connectivity index (χ2n) is 5.28. The minimum atomic E-state index is -1.15. The van der Waals surface area contributed by atoms with E-state index in [0.29, 0.717) is 5.56 Å². The Morgan fingerprint density at radius 1 is 1.26 bits per heavy atom. The van der Waals surface area contributed by atoms with Crippen molar-refractivity contribution < 1.29 is 8.78 Å². The summed E-state index contributed by atoms with van der Waals surface area (Å²) in [5.74, 6) is -2.28. The van der Waals surface area contributed by atoms with Crippen LogP contribution in [-0.2, 0) is 0 Å². The minimum Gasteiger partial charge on any atom is -0.290 e. The SMILES string of the molecule is N#Cc1c(-c2ccccc2)nc(NN=Cc2cc(F)c(F)c(Cl)c2)[nH]c1=O. The summed E-state index contributed by atoms with van der Waals surface area (Å²) in [6.07, 6.45) is 1.18. The van der Waals surface area contributed by atoms with E-state index in [9.17, 15) is 18.8 Å². The smallest absolute Gasteiger partial charge is 0.270 e. The first-order chi connectivity index (χ1) is 13.0. The molecule has 2 aromatic carbocycles. The molecule has 27 heavy (non-hydrogen) atoms. The van der Waals surface area contributed by atoms with E-state index < -0.39 is 17.2 Å². The number of nitrogens with one attached hydrogen (secondary N) is 2. The van der Waals surface area contributed by atoms with Gasteiger partial charge < -0.3 is 0 Å². The van der Waals surface area contributed by atoms with Crippen LogP contribution in [-0.4, -0.2) is 16.2 Å². The van der Waals surface area contributed by atoms with Crippen molar-refractivity contribution in [3.63, 3.8) is 0 Å². The summed E-state index contributed by atoms with van der Waals surface area (Å²) in [5, 5.41) is 12.6. The summed E-state index contributed by atoms with van der Waals surface area (Å²) in [4.78, 5) is 18.7. The third-order valence-electron chi connectivity index (χ3n) is 3.47. The van der Waals surface area contributed by atoms with Gasteiger partial charge in [0, 0.05) is 5.56 Å². The third kappa shape index (κ3) is 3.99. The van der Waals surface area contributed by atoms with Gasteiger partial charge in [0.1, 0.15) is 11.6 Å². The molecule has 9 heteroatoms. The zero-order chi connectivity index (χ0) is 19.4. The Morgan fingerprint density at radius 2 is 2.00 bits per heavy atom. The van der Waals surface area contributed by atoms with E-state index in [0.717, 1.165) is 6.07 Å². The molecule has 2 N–H and O–H groups in total. The molecule has 0 atom stereocenters. The van der Waals surface area contributed by atoms with Crippen LogP contribution in [0.1, 0.15) is 11.1 Å². The van der Waals surface area contributed by atoms with Gasteiger partial charge in [-0.25, -0.2) is 19.2 Å². The van der Waals surface area contributed by atoms with Crippen LogP contribution < -0.4 is 11.0 Å². The van der Waals surface area contributed by atoms with Gasteiger partial charge in [-0.15, -0.1) is 0 Å². The van der Waals surface area contributed by atoms with Gasteiger partial charge in [-0.3, -0.25) is 9.78 Å². The van der Waals surface area contributed by atoms with Crippen molar-refractivity contribution in [3.05, 3.63) is 80.6 Å². The Bertz CT molecular complexity index is 1100. The quantitative estimate of drug-likeness (QED) is 0.407. The fraction of sp³-hybridized carbons (Fsp3) is 0. The lowest BCUT2D eigenvalue weighted by Gasteiger charge is -2.06. The number of rotatable bonds is 4. The Morgan fingerprint density at radius 3 is 2.67 bits per heavy atom. The Balaban J connectivity index is 1.91. The molecule has 0 fully saturated rings. The Hall–Kier alpha value is -3.57. The van der Waals surface area contributed by atoms with Crippen LogP contribution in [0.25, 0.3) is 11.3 Å². The Kier molecular flexibility index (Phi) is 5.24. The minimum absolute atomic E-state index is 0.0252. The zero-order valence-corrected chi connectivity index (χ0v) is 14.3. The highest BCUT2D eigenvalue weighted by Gasteiger charge is 2.13. The number of aromatic amines is 1. The summed E-state index contributed by atoms with van der Waals surface area (Å²) >= 11 is 5.57. The molecule has 3 aromatic rings. The first-order valence-corrected chi connectivity index (χ1v) is 7.91. The fourth-order valence-electron chi connectivity index (χ4n) is 2.25. The van der Waals surface area contributed by atoms with Crippen LogP contribution >= 0.6 is 11.6 Å². The topological polar surface area (TPSA) is 93.9 Å². The molecule has 0 bridgehead atoms. The summed E-state index contributed by atoms with van der Waals surface area (Å²) in [6.45, 7) is 0. The number of aromatic nitrogens is 2. The molecule has 0 saturated carbocycles. The second-order valence-corrected chi connectivity index (χ2v) is 5.69. The maximum Gasteiger partial charge on any atom is 0.270 e. The molecule has 6 nitrogen and oxygen atoms in total. The van der Waals surface area contributed by atoms with Gasteiger partial charge in [-0.05, 0) is 17.7 Å². The lowest BCUT2D eigenvalue weighted by molar-refractivity contribution is 0.509. The van der Waals surface area contributed by atoms with Crippen LogP contribution in [0.15, 0.2) is 52.4 Å². The van der Waals surface area contributed by atoms with Crippen LogP contribution in [0.2, 0.25) is 5.02 Å². The van der Waals surface area contributed by atoms with E-state index in [-0.39, 0.29) is 27.8 Å². The molecule has 134 valence electrons. The largest absolute Gasteiger partial charge is 0.290 e. The van der Waals surface area contributed by atoms with Crippen LogP contribution in [0, 0.1) is 23.0 Å². The number of H-pyrrole nitrogens is 1. The van der Waals surface area contributed by atoms with Crippen molar-refractivity contribution in [2.45, 2.75) is 0 Å². The molecule has 0 radical (unpaired) electrons. The number of benzene rings is 2. The molecule has 0 amide bonds. The number of hydrogen-bond donors (Lipinski definition) is 2. The van der Waals surface area contributed by atoms with Gasteiger partial charge in [-0.1, -0.05) is 41.9 Å². The number of hydrogen-bond acceptors (Lipinski definition) is 5. The van der Waals surface area contributed by atoms with Crippen LogP contribution in [0.3, 0.4) is 0 Å². The van der Waals surface area contributed by atoms with Crippen LogP contribution in [0.5, 0.6) is 0 Å². The predicted molar refractivity (Wildman–Crippen MR) is 97.6 cm³/mol.